The molecule has 1 fully saturated rings. The minimum atomic E-state index is 0.348. The lowest BCUT2D eigenvalue weighted by atomic mass is 10.2. The Labute approximate surface area is 123 Å². The molecule has 0 bridgehead atoms. The van der Waals surface area contributed by atoms with Crippen molar-refractivity contribution in [3.05, 3.63) is 40.2 Å². The topological polar surface area (TPSA) is 41.3 Å². The van der Waals surface area contributed by atoms with Crippen LogP contribution in [0.1, 0.15) is 35.2 Å². The van der Waals surface area contributed by atoms with Crippen LogP contribution in [-0.4, -0.2) is 29.5 Å². The van der Waals surface area contributed by atoms with Crippen molar-refractivity contribution in [2.24, 2.45) is 0 Å². The van der Waals surface area contributed by atoms with Crippen molar-refractivity contribution in [2.45, 2.75) is 32.4 Å². The number of nitrogens with zero attached hydrogens (tertiary/aromatic N) is 2. The molecular formula is C15H21N3OS. The molecule has 1 aliphatic rings. The molecular weight excluding hydrogens is 270 g/mol. The molecule has 0 radical (unpaired) electrons. The highest BCUT2D eigenvalue weighted by Gasteiger charge is 2.25. The molecule has 1 saturated heterocycles. The van der Waals surface area contributed by atoms with E-state index in [-0.39, 0.29) is 0 Å². The van der Waals surface area contributed by atoms with E-state index in [9.17, 15) is 0 Å². The van der Waals surface area contributed by atoms with Gasteiger partial charge in [-0.3, -0.25) is 4.90 Å². The second-order valence-electron chi connectivity index (χ2n) is 5.27. The van der Waals surface area contributed by atoms with Crippen LogP contribution in [0, 0.1) is 6.92 Å². The summed E-state index contributed by atoms with van der Waals surface area (Å²) in [6.45, 7) is 6.23. The molecule has 5 heteroatoms. The van der Waals surface area contributed by atoms with Gasteiger partial charge < -0.3 is 9.73 Å². The molecule has 0 saturated carbocycles. The van der Waals surface area contributed by atoms with Crippen LogP contribution >= 0.6 is 11.3 Å². The molecule has 0 spiro atoms. The van der Waals surface area contributed by atoms with Gasteiger partial charge in [0.2, 0.25) is 0 Å². The lowest BCUT2D eigenvalue weighted by Crippen LogP contribution is -2.33. The SMILES string of the molecule is Cc1ncsc1CNCC(c1ccco1)N1CCCC1. The molecule has 0 aromatic carbocycles. The van der Waals surface area contributed by atoms with Gasteiger partial charge in [-0.25, -0.2) is 4.98 Å². The van der Waals surface area contributed by atoms with Crippen molar-refractivity contribution in [1.82, 2.24) is 15.2 Å². The molecule has 1 N–H and O–H groups in total. The molecule has 3 heterocycles. The first-order valence-corrected chi connectivity index (χ1v) is 8.09. The third-order valence-corrected chi connectivity index (χ3v) is 4.86. The summed E-state index contributed by atoms with van der Waals surface area (Å²) in [5.41, 5.74) is 3.05. The molecule has 0 amide bonds. The zero-order valence-corrected chi connectivity index (χ0v) is 12.7. The maximum absolute atomic E-state index is 5.63. The Kier molecular flexibility index (Phi) is 4.50. The Balaban J connectivity index is 1.60. The lowest BCUT2D eigenvalue weighted by molar-refractivity contribution is 0.209. The number of aromatic nitrogens is 1. The van der Waals surface area contributed by atoms with Crippen molar-refractivity contribution in [2.75, 3.05) is 19.6 Å². The van der Waals surface area contributed by atoms with E-state index in [0.29, 0.717) is 6.04 Å². The summed E-state index contributed by atoms with van der Waals surface area (Å²) in [6, 6.07) is 4.41. The van der Waals surface area contributed by atoms with Gasteiger partial charge in [-0.05, 0) is 45.0 Å². The molecule has 1 aliphatic heterocycles. The van der Waals surface area contributed by atoms with Crippen LogP contribution in [0.5, 0.6) is 0 Å². The van der Waals surface area contributed by atoms with Gasteiger partial charge in [0, 0.05) is 18.0 Å². The summed E-state index contributed by atoms with van der Waals surface area (Å²) in [7, 11) is 0. The van der Waals surface area contributed by atoms with Crippen LogP contribution in [0.25, 0.3) is 0 Å². The van der Waals surface area contributed by atoms with Crippen LogP contribution in [0.15, 0.2) is 28.3 Å². The van der Waals surface area contributed by atoms with Crippen LogP contribution in [0.4, 0.5) is 0 Å². The monoisotopic (exact) mass is 291 g/mol. The standard InChI is InChI=1S/C15H21N3OS/c1-12-15(20-11-17-12)10-16-9-13(14-5-4-8-19-14)18-6-2-3-7-18/h4-5,8,11,13,16H,2-3,6-7,9-10H2,1H3. The van der Waals surface area contributed by atoms with Crippen LogP contribution < -0.4 is 5.32 Å². The predicted octanol–water partition coefficient (Wildman–Crippen LogP) is 2.97. The van der Waals surface area contributed by atoms with E-state index in [1.165, 1.54) is 30.8 Å². The molecule has 4 nitrogen and oxygen atoms in total. The summed E-state index contributed by atoms with van der Waals surface area (Å²) in [5.74, 6) is 1.07. The van der Waals surface area contributed by atoms with E-state index >= 15 is 0 Å². The minimum absolute atomic E-state index is 0.348. The van der Waals surface area contributed by atoms with E-state index in [2.05, 4.69) is 28.2 Å². The fraction of sp³-hybridized carbons (Fsp3) is 0.533. The molecule has 0 aliphatic carbocycles. The third kappa shape index (κ3) is 3.11. The van der Waals surface area contributed by atoms with Gasteiger partial charge in [0.05, 0.1) is 23.5 Å². The van der Waals surface area contributed by atoms with Crippen molar-refractivity contribution in [3.8, 4) is 0 Å². The second-order valence-corrected chi connectivity index (χ2v) is 6.21. The van der Waals surface area contributed by atoms with Gasteiger partial charge in [-0.1, -0.05) is 0 Å². The van der Waals surface area contributed by atoms with Crippen molar-refractivity contribution < 1.29 is 4.42 Å². The Morgan fingerprint density at radius 1 is 1.45 bits per heavy atom. The molecule has 2 aromatic rings. The maximum Gasteiger partial charge on any atom is 0.122 e. The van der Waals surface area contributed by atoms with Gasteiger partial charge in [0.15, 0.2) is 0 Å². The largest absolute Gasteiger partial charge is 0.468 e. The Morgan fingerprint density at radius 2 is 2.30 bits per heavy atom. The lowest BCUT2D eigenvalue weighted by Gasteiger charge is -2.26. The molecule has 20 heavy (non-hydrogen) atoms. The van der Waals surface area contributed by atoms with Crippen LogP contribution in [0.3, 0.4) is 0 Å². The average Bonchev–Trinajstić information content (AvgIpc) is 3.18. The van der Waals surface area contributed by atoms with Gasteiger partial charge in [0.1, 0.15) is 5.76 Å². The Morgan fingerprint density at radius 3 is 2.95 bits per heavy atom. The highest BCUT2D eigenvalue weighted by atomic mass is 32.1. The second kappa shape index (κ2) is 6.52. The Bertz CT molecular complexity index is 517. The summed E-state index contributed by atoms with van der Waals surface area (Å²) in [6.07, 6.45) is 4.36. The van der Waals surface area contributed by atoms with Crippen LogP contribution in [-0.2, 0) is 6.54 Å². The highest BCUT2D eigenvalue weighted by molar-refractivity contribution is 7.09. The molecule has 3 rings (SSSR count). The van der Waals surface area contributed by atoms with E-state index in [0.717, 1.165) is 24.5 Å². The number of hydrogen-bond acceptors (Lipinski definition) is 5. The average molecular weight is 291 g/mol. The summed E-state index contributed by atoms with van der Waals surface area (Å²) in [5, 5.41) is 3.56. The summed E-state index contributed by atoms with van der Waals surface area (Å²) in [4.78, 5) is 8.13. The molecule has 1 atom stereocenters. The summed E-state index contributed by atoms with van der Waals surface area (Å²) < 4.78 is 5.63. The zero-order chi connectivity index (χ0) is 13.8. The van der Waals surface area contributed by atoms with Crippen molar-refractivity contribution in [1.29, 1.82) is 0 Å². The fourth-order valence-electron chi connectivity index (χ4n) is 2.76. The van der Waals surface area contributed by atoms with E-state index in [1.807, 2.05) is 11.6 Å². The number of thiazole rings is 1. The molecule has 108 valence electrons. The van der Waals surface area contributed by atoms with Crippen LogP contribution in [0.2, 0.25) is 0 Å². The predicted molar refractivity (Wildman–Crippen MR) is 80.8 cm³/mol. The first kappa shape index (κ1) is 13.8. The highest BCUT2D eigenvalue weighted by Crippen LogP contribution is 2.25. The van der Waals surface area contributed by atoms with Gasteiger partial charge in [-0.15, -0.1) is 11.3 Å². The number of furan rings is 1. The first-order chi connectivity index (χ1) is 9.84. The quantitative estimate of drug-likeness (QED) is 0.888. The van der Waals surface area contributed by atoms with Gasteiger partial charge in [-0.2, -0.15) is 0 Å². The maximum atomic E-state index is 5.63. The van der Waals surface area contributed by atoms with E-state index < -0.39 is 0 Å². The Hall–Kier alpha value is -1.17. The number of nitrogens with one attached hydrogen (secondary N) is 1. The van der Waals surface area contributed by atoms with Gasteiger partial charge in [0.25, 0.3) is 0 Å². The smallest absolute Gasteiger partial charge is 0.122 e. The summed E-state index contributed by atoms with van der Waals surface area (Å²) >= 11 is 1.72. The number of rotatable bonds is 6. The first-order valence-electron chi connectivity index (χ1n) is 7.22. The van der Waals surface area contributed by atoms with Crippen molar-refractivity contribution in [3.63, 3.8) is 0 Å². The third-order valence-electron chi connectivity index (χ3n) is 3.92. The number of aryl methyl sites for hydroxylation is 1. The van der Waals surface area contributed by atoms with E-state index in [4.69, 9.17) is 4.42 Å². The molecule has 2 aromatic heterocycles. The molecule has 1 unspecified atom stereocenters. The van der Waals surface area contributed by atoms with Crippen molar-refractivity contribution >= 4 is 11.3 Å². The number of likely N-dealkylation sites (tertiary alicyclic amines) is 1. The minimum Gasteiger partial charge on any atom is -0.468 e. The normalized spacial score (nSPS) is 17.6. The van der Waals surface area contributed by atoms with Gasteiger partial charge >= 0.3 is 0 Å². The fourth-order valence-corrected chi connectivity index (χ4v) is 3.51. The number of hydrogen-bond donors (Lipinski definition) is 1. The van der Waals surface area contributed by atoms with E-state index in [1.54, 1.807) is 17.6 Å². The zero-order valence-electron chi connectivity index (χ0n) is 11.8.